The average molecular weight is 471 g/mol. The van der Waals surface area contributed by atoms with Gasteiger partial charge in [-0.2, -0.15) is 0 Å². The van der Waals surface area contributed by atoms with Crippen LogP contribution in [0.4, 0.5) is 24.7 Å². The van der Waals surface area contributed by atoms with E-state index in [9.17, 15) is 23.1 Å². The second-order valence-electron chi connectivity index (χ2n) is 8.06. The van der Waals surface area contributed by atoms with Crippen molar-refractivity contribution in [3.05, 3.63) is 71.9 Å². The molecule has 3 aromatic rings. The van der Waals surface area contributed by atoms with Crippen LogP contribution in [-0.4, -0.2) is 41.6 Å². The van der Waals surface area contributed by atoms with Crippen molar-refractivity contribution < 1.29 is 27.8 Å². The van der Waals surface area contributed by atoms with Crippen LogP contribution in [0.5, 0.6) is 5.75 Å². The summed E-state index contributed by atoms with van der Waals surface area (Å²) in [4.78, 5) is 19.5. The number of aryl methyl sites for hydroxylation is 1. The summed E-state index contributed by atoms with van der Waals surface area (Å²) in [6.45, 7) is 3.18. The normalized spacial score (nSPS) is 15.9. The zero-order valence-electron chi connectivity index (χ0n) is 18.5. The number of amides is 1. The molecule has 1 aromatic heterocycles. The van der Waals surface area contributed by atoms with E-state index >= 15 is 0 Å². The van der Waals surface area contributed by atoms with Crippen molar-refractivity contribution in [1.82, 2.24) is 4.98 Å². The lowest BCUT2D eigenvalue weighted by Gasteiger charge is -2.21. The van der Waals surface area contributed by atoms with E-state index in [4.69, 9.17) is 0 Å². The van der Waals surface area contributed by atoms with Gasteiger partial charge in [0.15, 0.2) is 0 Å². The fourth-order valence-electron chi connectivity index (χ4n) is 3.88. The number of alkyl halides is 3. The van der Waals surface area contributed by atoms with Crippen LogP contribution >= 0.6 is 0 Å². The van der Waals surface area contributed by atoms with Crippen molar-refractivity contribution in [3.63, 3.8) is 0 Å². The molecule has 1 fully saturated rings. The first-order valence-corrected chi connectivity index (χ1v) is 10.9. The summed E-state index contributed by atoms with van der Waals surface area (Å²) in [6, 6.07) is 14.7. The first kappa shape index (κ1) is 23.6. The Bertz CT molecular complexity index is 1170. The SMILES string of the molecule is CCc1cccc(-c2cc(C(=O)Nc3ccc(OC(F)(F)F)cc3)cnc2N2CC[C@@H](O)C2)c1. The number of anilines is 2. The van der Waals surface area contributed by atoms with E-state index in [1.165, 1.54) is 18.3 Å². The molecule has 0 bridgehead atoms. The third-order valence-corrected chi connectivity index (χ3v) is 5.58. The number of hydrogen-bond acceptors (Lipinski definition) is 5. The minimum absolute atomic E-state index is 0.302. The van der Waals surface area contributed by atoms with E-state index < -0.39 is 18.4 Å². The van der Waals surface area contributed by atoms with Crippen LogP contribution in [0.2, 0.25) is 0 Å². The highest BCUT2D eigenvalue weighted by molar-refractivity contribution is 6.05. The number of aliphatic hydroxyl groups is 1. The van der Waals surface area contributed by atoms with Crippen LogP contribution in [0.25, 0.3) is 11.1 Å². The van der Waals surface area contributed by atoms with E-state index in [0.29, 0.717) is 36.6 Å². The number of benzene rings is 2. The Morgan fingerprint density at radius 2 is 1.97 bits per heavy atom. The van der Waals surface area contributed by atoms with Gasteiger partial charge in [-0.3, -0.25) is 4.79 Å². The molecular weight excluding hydrogens is 447 g/mol. The highest BCUT2D eigenvalue weighted by Gasteiger charge is 2.31. The lowest BCUT2D eigenvalue weighted by Crippen LogP contribution is -2.23. The number of β-amino-alcohol motifs (C(OH)–C–C–N with tert-alkyl or cyclic N) is 1. The number of aromatic nitrogens is 1. The number of hydrogen-bond donors (Lipinski definition) is 2. The van der Waals surface area contributed by atoms with Gasteiger partial charge in [0.25, 0.3) is 5.91 Å². The molecule has 0 spiro atoms. The van der Waals surface area contributed by atoms with E-state index in [-0.39, 0.29) is 5.75 Å². The van der Waals surface area contributed by atoms with Crippen LogP contribution in [0.1, 0.15) is 29.3 Å². The molecule has 9 heteroatoms. The summed E-state index contributed by atoms with van der Waals surface area (Å²) >= 11 is 0. The zero-order chi connectivity index (χ0) is 24.3. The number of rotatable bonds is 6. The summed E-state index contributed by atoms with van der Waals surface area (Å²) in [5.41, 5.74) is 3.44. The molecule has 1 aliphatic rings. The Kier molecular flexibility index (Phi) is 6.74. The molecule has 34 heavy (non-hydrogen) atoms. The quantitative estimate of drug-likeness (QED) is 0.527. The molecule has 1 saturated heterocycles. The van der Waals surface area contributed by atoms with Crippen molar-refractivity contribution in [2.75, 3.05) is 23.3 Å². The number of aliphatic hydroxyl groups excluding tert-OH is 1. The summed E-state index contributed by atoms with van der Waals surface area (Å²) in [5, 5.41) is 12.7. The predicted molar refractivity (Wildman–Crippen MR) is 123 cm³/mol. The average Bonchev–Trinajstić information content (AvgIpc) is 3.25. The van der Waals surface area contributed by atoms with Crippen LogP contribution in [0.15, 0.2) is 60.8 Å². The van der Waals surface area contributed by atoms with Crippen molar-refractivity contribution in [2.24, 2.45) is 0 Å². The molecule has 1 atom stereocenters. The molecule has 0 radical (unpaired) electrons. The largest absolute Gasteiger partial charge is 0.573 e. The molecule has 6 nitrogen and oxygen atoms in total. The molecular formula is C25H24F3N3O3. The Balaban J connectivity index is 1.61. The van der Waals surface area contributed by atoms with E-state index in [1.807, 2.05) is 29.2 Å². The van der Waals surface area contributed by atoms with Gasteiger partial charge in [0, 0.05) is 30.5 Å². The van der Waals surface area contributed by atoms with Gasteiger partial charge in [-0.25, -0.2) is 4.98 Å². The maximum Gasteiger partial charge on any atom is 0.573 e. The molecule has 0 unspecified atom stereocenters. The Labute approximate surface area is 195 Å². The topological polar surface area (TPSA) is 74.7 Å². The molecule has 0 saturated carbocycles. The molecule has 0 aliphatic carbocycles. The fraction of sp³-hybridized carbons (Fsp3) is 0.280. The maximum absolute atomic E-state index is 12.9. The number of carbonyl (C=O) groups excluding carboxylic acids is 1. The van der Waals surface area contributed by atoms with Crippen LogP contribution in [0, 0.1) is 0 Å². The Morgan fingerprint density at radius 3 is 2.62 bits per heavy atom. The monoisotopic (exact) mass is 471 g/mol. The van der Waals surface area contributed by atoms with Crippen molar-refractivity contribution in [3.8, 4) is 16.9 Å². The van der Waals surface area contributed by atoms with Gasteiger partial charge in [0.1, 0.15) is 11.6 Å². The lowest BCUT2D eigenvalue weighted by molar-refractivity contribution is -0.274. The zero-order valence-corrected chi connectivity index (χ0v) is 18.5. The van der Waals surface area contributed by atoms with Crippen LogP contribution in [-0.2, 0) is 6.42 Å². The predicted octanol–water partition coefficient (Wildman–Crippen LogP) is 5.03. The molecule has 2 N–H and O–H groups in total. The van der Waals surface area contributed by atoms with Crippen molar-refractivity contribution in [1.29, 1.82) is 0 Å². The highest BCUT2D eigenvalue weighted by Crippen LogP contribution is 2.33. The number of nitrogens with zero attached hydrogens (tertiary/aromatic N) is 2. The van der Waals surface area contributed by atoms with Gasteiger partial charge >= 0.3 is 6.36 Å². The van der Waals surface area contributed by atoms with Crippen molar-refractivity contribution >= 4 is 17.4 Å². The smallest absolute Gasteiger partial charge is 0.406 e. The minimum Gasteiger partial charge on any atom is -0.406 e. The van der Waals surface area contributed by atoms with Gasteiger partial charge in [-0.1, -0.05) is 31.2 Å². The summed E-state index contributed by atoms with van der Waals surface area (Å²) in [7, 11) is 0. The second-order valence-corrected chi connectivity index (χ2v) is 8.06. The minimum atomic E-state index is -4.78. The van der Waals surface area contributed by atoms with Gasteiger partial charge in [0.2, 0.25) is 0 Å². The molecule has 2 heterocycles. The molecule has 1 amide bonds. The van der Waals surface area contributed by atoms with Gasteiger partial charge in [0.05, 0.1) is 11.7 Å². The molecule has 4 rings (SSSR count). The molecule has 1 aliphatic heterocycles. The third kappa shape index (κ3) is 5.66. The number of pyridine rings is 1. The van der Waals surface area contributed by atoms with Gasteiger partial charge in [-0.15, -0.1) is 13.2 Å². The van der Waals surface area contributed by atoms with E-state index in [0.717, 1.165) is 35.2 Å². The van der Waals surface area contributed by atoms with Crippen LogP contribution < -0.4 is 15.0 Å². The number of carbonyl (C=O) groups is 1. The highest BCUT2D eigenvalue weighted by atomic mass is 19.4. The van der Waals surface area contributed by atoms with E-state index in [2.05, 4.69) is 22.0 Å². The van der Waals surface area contributed by atoms with Gasteiger partial charge in [-0.05, 0) is 54.3 Å². The summed E-state index contributed by atoms with van der Waals surface area (Å²) in [6.07, 6.45) is -2.25. The first-order chi connectivity index (χ1) is 16.2. The van der Waals surface area contributed by atoms with E-state index in [1.54, 1.807) is 6.07 Å². The molecule has 2 aromatic carbocycles. The Hall–Kier alpha value is -3.59. The number of halogens is 3. The van der Waals surface area contributed by atoms with Gasteiger partial charge < -0.3 is 20.1 Å². The number of ether oxygens (including phenoxy) is 1. The third-order valence-electron chi connectivity index (χ3n) is 5.58. The fourth-order valence-corrected chi connectivity index (χ4v) is 3.88. The standard InChI is InChI=1S/C25H24F3N3O3/c1-2-16-4-3-5-17(12-16)22-13-18(14-29-23(22)31-11-10-20(32)15-31)24(33)30-19-6-8-21(9-7-19)34-25(26,27)28/h3-9,12-14,20,32H,2,10-11,15H2,1H3,(H,30,33)/t20-/m1/s1. The van der Waals surface area contributed by atoms with Crippen molar-refractivity contribution in [2.45, 2.75) is 32.2 Å². The maximum atomic E-state index is 12.9. The summed E-state index contributed by atoms with van der Waals surface area (Å²) in [5.74, 6) is -0.129. The number of nitrogens with one attached hydrogen (secondary N) is 1. The lowest BCUT2D eigenvalue weighted by atomic mass is 10.0. The summed E-state index contributed by atoms with van der Waals surface area (Å²) < 4.78 is 40.9. The van der Waals surface area contributed by atoms with Crippen LogP contribution in [0.3, 0.4) is 0 Å². The second kappa shape index (κ2) is 9.72. The Morgan fingerprint density at radius 1 is 1.21 bits per heavy atom. The first-order valence-electron chi connectivity index (χ1n) is 10.9. The molecule has 178 valence electrons.